The van der Waals surface area contributed by atoms with Gasteiger partial charge in [0.1, 0.15) is 11.5 Å². The van der Waals surface area contributed by atoms with E-state index in [4.69, 9.17) is 8.37 Å². The molecule has 3 fully saturated rings. The molecule has 0 spiro atoms. The number of aliphatic hydroxyl groups excluding tert-OH is 1. The van der Waals surface area contributed by atoms with Crippen molar-refractivity contribution in [3.63, 3.8) is 0 Å². The number of aliphatic hydroxyl groups is 1. The van der Waals surface area contributed by atoms with Crippen LogP contribution in [0.3, 0.4) is 0 Å². The minimum atomic E-state index is -4.85. The molecule has 1 aromatic carbocycles. The molecule has 47 heavy (non-hydrogen) atoms. The van der Waals surface area contributed by atoms with E-state index in [0.29, 0.717) is 41.7 Å². The Kier molecular flexibility index (Phi) is 8.36. The third-order valence-electron chi connectivity index (χ3n) is 14.7. The Morgan fingerprint density at radius 1 is 0.787 bits per heavy atom. The molecule has 1 aromatic rings. The van der Waals surface area contributed by atoms with Crippen molar-refractivity contribution in [2.45, 2.75) is 131 Å². The number of rotatable bonds is 7. The van der Waals surface area contributed by atoms with Crippen molar-refractivity contribution in [1.29, 1.82) is 0 Å². The van der Waals surface area contributed by atoms with Gasteiger partial charge in [0, 0.05) is 16.5 Å². The van der Waals surface area contributed by atoms with Gasteiger partial charge in [-0.25, -0.2) is 0 Å². The SMILES string of the molecule is CC1=CCCC(C)(C)[C@@H]1CC[C@]1(C)C(O)CC[C@@]2(C)C1CC[C@]1(C)C2CC[C@]2(C)c3c(OS(=O)(=O)O)ccc(OS(=O)(=O)O)c3CC12. The van der Waals surface area contributed by atoms with Gasteiger partial charge in [0.05, 0.1) is 6.10 Å². The van der Waals surface area contributed by atoms with Gasteiger partial charge in [0.2, 0.25) is 0 Å². The van der Waals surface area contributed by atoms with Crippen molar-refractivity contribution >= 4 is 20.8 Å². The van der Waals surface area contributed by atoms with E-state index < -0.39 is 26.2 Å². The molecule has 5 aliphatic carbocycles. The fourth-order valence-corrected chi connectivity index (χ4v) is 13.4. The summed E-state index contributed by atoms with van der Waals surface area (Å²) >= 11 is 0. The highest BCUT2D eigenvalue weighted by Crippen LogP contribution is 2.74. The topological polar surface area (TPSA) is 147 Å². The molecule has 5 aliphatic rings. The lowest BCUT2D eigenvalue weighted by Gasteiger charge is -2.68. The zero-order chi connectivity index (χ0) is 34.6. The van der Waals surface area contributed by atoms with Crippen LogP contribution in [-0.2, 0) is 32.6 Å². The van der Waals surface area contributed by atoms with Crippen LogP contribution in [0.5, 0.6) is 11.5 Å². The van der Waals surface area contributed by atoms with Gasteiger partial charge in [0.25, 0.3) is 0 Å². The fraction of sp³-hybridized carbons (Fsp3) is 0.778. The summed E-state index contributed by atoms with van der Waals surface area (Å²) in [5, 5.41) is 11.7. The first-order valence-corrected chi connectivity index (χ1v) is 20.1. The van der Waals surface area contributed by atoms with Crippen LogP contribution in [-0.4, -0.2) is 37.2 Å². The first-order valence-electron chi connectivity index (χ1n) is 17.4. The molecule has 9 atom stereocenters. The van der Waals surface area contributed by atoms with E-state index >= 15 is 0 Å². The first kappa shape index (κ1) is 35.2. The molecule has 0 heterocycles. The van der Waals surface area contributed by atoms with Gasteiger partial charge in [0.15, 0.2) is 0 Å². The third kappa shape index (κ3) is 5.68. The highest BCUT2D eigenvalue weighted by atomic mass is 32.3. The van der Waals surface area contributed by atoms with Crippen LogP contribution in [0.25, 0.3) is 0 Å². The molecule has 0 aliphatic heterocycles. The van der Waals surface area contributed by atoms with Crippen LogP contribution < -0.4 is 8.37 Å². The zero-order valence-electron chi connectivity index (χ0n) is 29.0. The predicted octanol–water partition coefficient (Wildman–Crippen LogP) is 7.64. The maximum absolute atomic E-state index is 11.9. The fourth-order valence-electron chi connectivity index (χ4n) is 12.6. The van der Waals surface area contributed by atoms with Crippen molar-refractivity contribution in [3.8, 4) is 11.5 Å². The van der Waals surface area contributed by atoms with E-state index in [1.807, 2.05) is 0 Å². The Labute approximate surface area is 281 Å². The Balaban J connectivity index is 1.36. The van der Waals surface area contributed by atoms with Crippen LogP contribution in [0, 0.1) is 45.3 Å². The van der Waals surface area contributed by atoms with Crippen molar-refractivity contribution in [3.05, 3.63) is 34.9 Å². The largest absolute Gasteiger partial charge is 0.446 e. The maximum Gasteiger partial charge on any atom is 0.446 e. The Hall–Kier alpha value is -1.66. The molecular weight excluding hydrogens is 641 g/mol. The van der Waals surface area contributed by atoms with E-state index in [0.717, 1.165) is 51.4 Å². The molecule has 0 amide bonds. The number of benzene rings is 1. The Morgan fingerprint density at radius 3 is 2.00 bits per heavy atom. The van der Waals surface area contributed by atoms with Gasteiger partial charge in [-0.1, -0.05) is 53.2 Å². The van der Waals surface area contributed by atoms with Crippen molar-refractivity contribution < 1.29 is 39.4 Å². The van der Waals surface area contributed by atoms with Crippen molar-refractivity contribution in [1.82, 2.24) is 0 Å². The molecule has 6 rings (SSSR count). The number of allylic oxidation sites excluding steroid dienone is 2. The standard InChI is InChI=1S/C36H54O9S2/c1-22-9-8-16-32(2,3)24(22)12-17-35(6)28-13-18-34(5)27(33(28,4)20-15-30(35)37)14-19-36(7)29(34)21-23-25(44-46(38,39)40)10-11-26(31(23)36)45-47(41,42)43/h9-11,24,27-30,37H,8,12-21H2,1-7H3,(H,38,39,40)(H,41,42,43)/t24-,27?,28?,29?,30?,33-,34-,35+,36+/m1/s1. The number of hydrogen-bond acceptors (Lipinski definition) is 7. The van der Waals surface area contributed by atoms with E-state index in [1.54, 1.807) is 0 Å². The second-order valence-electron chi connectivity index (χ2n) is 17.4. The second kappa shape index (κ2) is 11.2. The summed E-state index contributed by atoms with van der Waals surface area (Å²) in [6.45, 7) is 16.3. The molecule has 0 radical (unpaired) electrons. The van der Waals surface area contributed by atoms with E-state index in [2.05, 4.69) is 54.5 Å². The molecule has 0 bridgehead atoms. The van der Waals surface area contributed by atoms with Crippen LogP contribution in [0.2, 0.25) is 0 Å². The smallest absolute Gasteiger partial charge is 0.393 e. The molecule has 9 nitrogen and oxygen atoms in total. The number of fused-ring (bicyclic) bond motifs is 7. The van der Waals surface area contributed by atoms with Gasteiger partial charge >= 0.3 is 20.8 Å². The van der Waals surface area contributed by atoms with Crippen LogP contribution >= 0.6 is 0 Å². The van der Waals surface area contributed by atoms with E-state index in [-0.39, 0.29) is 45.2 Å². The summed E-state index contributed by atoms with van der Waals surface area (Å²) < 4.78 is 76.8. The van der Waals surface area contributed by atoms with Gasteiger partial charge in [-0.15, -0.1) is 0 Å². The quantitative estimate of drug-likeness (QED) is 0.194. The van der Waals surface area contributed by atoms with E-state index in [9.17, 15) is 31.0 Å². The average molecular weight is 695 g/mol. The summed E-state index contributed by atoms with van der Waals surface area (Å²) in [5.41, 5.74) is 1.73. The predicted molar refractivity (Wildman–Crippen MR) is 180 cm³/mol. The molecule has 4 unspecified atom stereocenters. The lowest BCUT2D eigenvalue weighted by molar-refractivity contribution is -0.208. The molecule has 3 N–H and O–H groups in total. The Morgan fingerprint density at radius 2 is 1.36 bits per heavy atom. The van der Waals surface area contributed by atoms with Crippen LogP contribution in [0.1, 0.15) is 124 Å². The van der Waals surface area contributed by atoms with E-state index in [1.165, 1.54) is 24.1 Å². The highest BCUT2D eigenvalue weighted by Gasteiger charge is 2.68. The average Bonchev–Trinajstić information content (AvgIpc) is 3.25. The second-order valence-corrected chi connectivity index (χ2v) is 19.5. The zero-order valence-corrected chi connectivity index (χ0v) is 30.6. The summed E-state index contributed by atoms with van der Waals surface area (Å²) in [6.07, 6.45) is 12.0. The van der Waals surface area contributed by atoms with Gasteiger partial charge in [-0.05, 0) is 135 Å². The minimum Gasteiger partial charge on any atom is -0.393 e. The lowest BCUT2D eigenvalue weighted by Crippen LogP contribution is -2.63. The van der Waals surface area contributed by atoms with Crippen molar-refractivity contribution in [2.75, 3.05) is 0 Å². The lowest BCUT2D eigenvalue weighted by atomic mass is 9.36. The van der Waals surface area contributed by atoms with Crippen molar-refractivity contribution in [2.24, 2.45) is 45.3 Å². The summed E-state index contributed by atoms with van der Waals surface area (Å²) in [5.74, 6) is 1.10. The molecule has 264 valence electrons. The first-order chi connectivity index (χ1) is 21.6. The van der Waals surface area contributed by atoms with Crippen LogP contribution in [0.15, 0.2) is 23.8 Å². The highest BCUT2D eigenvalue weighted by molar-refractivity contribution is 7.81. The third-order valence-corrected chi connectivity index (χ3v) is 15.5. The molecule has 0 aromatic heterocycles. The molecule has 3 saturated carbocycles. The minimum absolute atomic E-state index is 0.00495. The maximum atomic E-state index is 11.9. The van der Waals surface area contributed by atoms with Crippen LogP contribution in [0.4, 0.5) is 0 Å². The van der Waals surface area contributed by atoms with Gasteiger partial charge in [-0.2, -0.15) is 16.8 Å². The Bertz CT molecular complexity index is 1680. The molecule has 0 saturated heterocycles. The summed E-state index contributed by atoms with van der Waals surface area (Å²) in [6, 6.07) is 2.58. The molecular formula is C36H54O9S2. The van der Waals surface area contributed by atoms with Gasteiger partial charge in [-0.3, -0.25) is 9.11 Å². The number of hydrogen-bond donors (Lipinski definition) is 3. The summed E-state index contributed by atoms with van der Waals surface area (Å²) in [4.78, 5) is 0. The van der Waals surface area contributed by atoms with Gasteiger partial charge < -0.3 is 13.5 Å². The summed E-state index contributed by atoms with van der Waals surface area (Å²) in [7, 11) is -9.70. The molecule has 11 heteroatoms. The normalized spacial score (nSPS) is 41.1. The monoisotopic (exact) mass is 694 g/mol.